The largest absolute Gasteiger partial charge is 0.477 e. The van der Waals surface area contributed by atoms with E-state index in [-0.39, 0.29) is 5.41 Å². The van der Waals surface area contributed by atoms with Gasteiger partial charge in [0.2, 0.25) is 5.88 Å². The Kier molecular flexibility index (Phi) is 3.72. The second-order valence-electron chi connectivity index (χ2n) is 8.35. The molecule has 0 amide bonds. The molecule has 6 heteroatoms. The molecule has 2 bridgehead atoms. The molecule has 3 fully saturated rings. The van der Waals surface area contributed by atoms with Crippen LogP contribution in [0.5, 0.6) is 5.88 Å². The van der Waals surface area contributed by atoms with Crippen molar-refractivity contribution in [2.24, 2.45) is 5.41 Å². The first-order valence-electron chi connectivity index (χ1n) is 9.66. The van der Waals surface area contributed by atoms with Gasteiger partial charge in [-0.15, -0.1) is 0 Å². The highest BCUT2D eigenvalue weighted by atomic mass is 16.5. The van der Waals surface area contributed by atoms with Crippen LogP contribution in [0.15, 0.2) is 30.7 Å². The van der Waals surface area contributed by atoms with Gasteiger partial charge in [0.05, 0.1) is 18.4 Å². The highest BCUT2D eigenvalue weighted by molar-refractivity contribution is 5.91. The molecular formula is C21H24N4O2. The predicted octanol–water partition coefficient (Wildman–Crippen LogP) is 3.79. The molecule has 3 heterocycles. The van der Waals surface area contributed by atoms with E-state index in [1.807, 2.05) is 19.2 Å². The molecule has 0 radical (unpaired) electrons. The third-order valence-corrected chi connectivity index (χ3v) is 6.57. The molecule has 0 spiro atoms. The number of hydrogen-bond acceptors (Lipinski definition) is 5. The van der Waals surface area contributed by atoms with Gasteiger partial charge in [-0.05, 0) is 63.1 Å². The number of hydrogen-bond donors (Lipinski definition) is 2. The molecular weight excluding hydrogens is 340 g/mol. The van der Waals surface area contributed by atoms with Crippen LogP contribution in [0.1, 0.15) is 44.1 Å². The average molecular weight is 364 g/mol. The zero-order valence-corrected chi connectivity index (χ0v) is 15.5. The SMILES string of the molecule is Cc1cc(-c2ccnc3[nH]ncc23)cnc1OCC12CCC(O)(CC1)CC2. The van der Waals surface area contributed by atoms with Crippen LogP contribution in [-0.2, 0) is 0 Å². The zero-order valence-electron chi connectivity index (χ0n) is 15.5. The molecule has 27 heavy (non-hydrogen) atoms. The van der Waals surface area contributed by atoms with Crippen molar-refractivity contribution in [3.63, 3.8) is 0 Å². The number of fused-ring (bicyclic) bond motifs is 4. The van der Waals surface area contributed by atoms with E-state index in [4.69, 9.17) is 4.74 Å². The van der Waals surface area contributed by atoms with Gasteiger partial charge in [0.1, 0.15) is 0 Å². The Morgan fingerprint density at radius 3 is 2.63 bits per heavy atom. The Bertz CT molecular complexity index is 972. The smallest absolute Gasteiger partial charge is 0.216 e. The molecule has 6 nitrogen and oxygen atoms in total. The van der Waals surface area contributed by atoms with Crippen LogP contribution in [0, 0.1) is 12.3 Å². The summed E-state index contributed by atoms with van der Waals surface area (Å²) in [5.74, 6) is 0.706. The summed E-state index contributed by atoms with van der Waals surface area (Å²) in [6, 6.07) is 4.10. The van der Waals surface area contributed by atoms with E-state index in [9.17, 15) is 5.11 Å². The molecule has 0 aliphatic heterocycles. The van der Waals surface area contributed by atoms with Gasteiger partial charge < -0.3 is 9.84 Å². The van der Waals surface area contributed by atoms with Crippen LogP contribution >= 0.6 is 0 Å². The summed E-state index contributed by atoms with van der Waals surface area (Å²) in [5.41, 5.74) is 3.71. The molecule has 3 aromatic heterocycles. The van der Waals surface area contributed by atoms with Crippen molar-refractivity contribution in [2.75, 3.05) is 6.61 Å². The fraction of sp³-hybridized carbons (Fsp3) is 0.476. The Morgan fingerprint density at radius 1 is 1.11 bits per heavy atom. The van der Waals surface area contributed by atoms with Gasteiger partial charge in [-0.25, -0.2) is 9.97 Å². The minimum atomic E-state index is -0.402. The number of ether oxygens (including phenoxy) is 1. The van der Waals surface area contributed by atoms with Crippen LogP contribution < -0.4 is 4.74 Å². The molecule has 3 aliphatic carbocycles. The lowest BCUT2D eigenvalue weighted by molar-refractivity contribution is -0.104. The molecule has 3 aliphatic rings. The Balaban J connectivity index is 1.36. The van der Waals surface area contributed by atoms with Crippen molar-refractivity contribution in [3.8, 4) is 17.0 Å². The summed E-state index contributed by atoms with van der Waals surface area (Å²) in [7, 11) is 0. The molecule has 3 saturated carbocycles. The van der Waals surface area contributed by atoms with Crippen molar-refractivity contribution in [1.82, 2.24) is 20.2 Å². The fourth-order valence-corrected chi connectivity index (χ4v) is 4.64. The maximum absolute atomic E-state index is 10.4. The first-order chi connectivity index (χ1) is 13.1. The standard InChI is InChI=1S/C21H24N4O2/c1-14-10-15(16-2-9-22-18-17(16)12-24-25-18)11-23-19(14)27-13-20-3-6-21(26,7-4-20)8-5-20/h2,9-12,26H,3-8,13H2,1H3,(H,22,24,25). The van der Waals surface area contributed by atoms with Crippen LogP contribution in [0.25, 0.3) is 22.2 Å². The minimum Gasteiger partial charge on any atom is -0.477 e. The monoisotopic (exact) mass is 364 g/mol. The number of aliphatic hydroxyl groups is 1. The normalized spacial score (nSPS) is 27.2. The van der Waals surface area contributed by atoms with Gasteiger partial charge in [-0.3, -0.25) is 5.10 Å². The van der Waals surface area contributed by atoms with Gasteiger partial charge in [0, 0.05) is 34.3 Å². The van der Waals surface area contributed by atoms with Crippen LogP contribution in [0.3, 0.4) is 0 Å². The van der Waals surface area contributed by atoms with E-state index in [0.29, 0.717) is 12.5 Å². The van der Waals surface area contributed by atoms with E-state index in [1.165, 1.54) is 0 Å². The van der Waals surface area contributed by atoms with E-state index >= 15 is 0 Å². The molecule has 0 unspecified atom stereocenters. The van der Waals surface area contributed by atoms with Crippen LogP contribution in [-0.4, -0.2) is 37.5 Å². The lowest BCUT2D eigenvalue weighted by Crippen LogP contribution is -2.48. The molecule has 0 saturated heterocycles. The van der Waals surface area contributed by atoms with Gasteiger partial charge in [-0.2, -0.15) is 5.10 Å². The molecule has 3 aromatic rings. The van der Waals surface area contributed by atoms with Crippen molar-refractivity contribution in [1.29, 1.82) is 0 Å². The van der Waals surface area contributed by atoms with Gasteiger partial charge in [0.25, 0.3) is 0 Å². The number of aryl methyl sites for hydroxylation is 1. The third kappa shape index (κ3) is 2.88. The third-order valence-electron chi connectivity index (χ3n) is 6.57. The summed E-state index contributed by atoms with van der Waals surface area (Å²) in [6.45, 7) is 2.73. The molecule has 2 N–H and O–H groups in total. The summed E-state index contributed by atoms with van der Waals surface area (Å²) < 4.78 is 6.17. The number of pyridine rings is 2. The topological polar surface area (TPSA) is 83.9 Å². The zero-order chi connectivity index (χ0) is 18.5. The second-order valence-corrected chi connectivity index (χ2v) is 8.35. The molecule has 140 valence electrons. The fourth-order valence-electron chi connectivity index (χ4n) is 4.64. The van der Waals surface area contributed by atoms with Gasteiger partial charge in [0.15, 0.2) is 5.65 Å². The van der Waals surface area contributed by atoms with Crippen LogP contribution in [0.4, 0.5) is 0 Å². The first-order valence-corrected chi connectivity index (χ1v) is 9.66. The average Bonchev–Trinajstić information content (AvgIpc) is 3.17. The maximum Gasteiger partial charge on any atom is 0.216 e. The highest BCUT2D eigenvalue weighted by Crippen LogP contribution is 2.52. The summed E-state index contributed by atoms with van der Waals surface area (Å²) in [4.78, 5) is 8.89. The van der Waals surface area contributed by atoms with Crippen molar-refractivity contribution in [3.05, 3.63) is 36.3 Å². The molecule has 6 rings (SSSR count). The van der Waals surface area contributed by atoms with E-state index in [0.717, 1.165) is 66.2 Å². The lowest BCUT2D eigenvalue weighted by atomic mass is 9.59. The Morgan fingerprint density at radius 2 is 1.89 bits per heavy atom. The minimum absolute atomic E-state index is 0.214. The second kappa shape index (κ2) is 6.02. The summed E-state index contributed by atoms with van der Waals surface area (Å²) in [6.07, 6.45) is 11.3. The summed E-state index contributed by atoms with van der Waals surface area (Å²) >= 11 is 0. The Hall–Kier alpha value is -2.47. The number of H-pyrrole nitrogens is 1. The van der Waals surface area contributed by atoms with E-state index in [2.05, 4.69) is 26.2 Å². The predicted molar refractivity (Wildman–Crippen MR) is 102 cm³/mol. The van der Waals surface area contributed by atoms with Crippen molar-refractivity contribution in [2.45, 2.75) is 51.0 Å². The van der Waals surface area contributed by atoms with E-state index in [1.54, 1.807) is 12.4 Å². The van der Waals surface area contributed by atoms with Gasteiger partial charge >= 0.3 is 0 Å². The molecule has 0 atom stereocenters. The lowest BCUT2D eigenvalue weighted by Gasteiger charge is -2.50. The maximum atomic E-state index is 10.4. The Labute approximate surface area is 158 Å². The summed E-state index contributed by atoms with van der Waals surface area (Å²) in [5, 5.41) is 18.4. The number of aromatic amines is 1. The quantitative estimate of drug-likeness (QED) is 0.736. The van der Waals surface area contributed by atoms with Crippen molar-refractivity contribution >= 4 is 11.0 Å². The van der Waals surface area contributed by atoms with E-state index < -0.39 is 5.60 Å². The molecule has 0 aromatic carbocycles. The van der Waals surface area contributed by atoms with Crippen molar-refractivity contribution < 1.29 is 9.84 Å². The van der Waals surface area contributed by atoms with Gasteiger partial charge in [-0.1, -0.05) is 0 Å². The number of rotatable bonds is 4. The number of nitrogens with one attached hydrogen (secondary N) is 1. The number of nitrogens with zero attached hydrogens (tertiary/aromatic N) is 3. The highest BCUT2D eigenvalue weighted by Gasteiger charge is 2.48. The number of aromatic nitrogens is 4. The van der Waals surface area contributed by atoms with Crippen LogP contribution in [0.2, 0.25) is 0 Å². The first kappa shape index (κ1) is 16.7.